The Bertz CT molecular complexity index is 491. The molecule has 0 aliphatic heterocycles. The first-order chi connectivity index (χ1) is 8.81. The van der Waals surface area contributed by atoms with Gasteiger partial charge in [0.15, 0.2) is 0 Å². The molecule has 0 saturated carbocycles. The Hall–Kier alpha value is -1.07. The van der Waals surface area contributed by atoms with E-state index in [-0.39, 0.29) is 5.92 Å². The predicted octanol–water partition coefficient (Wildman–Crippen LogP) is 3.33. The fraction of sp³-hybridized carbons (Fsp3) is 0.385. The van der Waals surface area contributed by atoms with Crippen LogP contribution >= 0.6 is 27.5 Å². The van der Waals surface area contributed by atoms with Crippen LogP contribution in [0.1, 0.15) is 30.6 Å². The van der Waals surface area contributed by atoms with E-state index in [0.717, 1.165) is 0 Å². The molecule has 1 amide bonds. The fourth-order valence-corrected chi connectivity index (χ4v) is 2.07. The summed E-state index contributed by atoms with van der Waals surface area (Å²) in [5.41, 5.74) is 0.367. The lowest BCUT2D eigenvalue weighted by Crippen LogP contribution is -2.41. The van der Waals surface area contributed by atoms with Gasteiger partial charge in [-0.1, -0.05) is 25.4 Å². The minimum Gasteiger partial charge on any atom is -0.480 e. The SMILES string of the molecule is CC(C)CC(NC(=O)c1ccc(Cl)c(Br)c1)C(=O)O. The highest BCUT2D eigenvalue weighted by atomic mass is 79.9. The van der Waals surface area contributed by atoms with E-state index in [1.54, 1.807) is 18.2 Å². The van der Waals surface area contributed by atoms with Crippen LogP contribution in [-0.2, 0) is 4.79 Å². The number of carbonyl (C=O) groups excluding carboxylic acids is 1. The van der Waals surface area contributed by atoms with Gasteiger partial charge >= 0.3 is 5.97 Å². The van der Waals surface area contributed by atoms with E-state index in [1.165, 1.54) is 0 Å². The lowest BCUT2D eigenvalue weighted by molar-refractivity contribution is -0.139. The van der Waals surface area contributed by atoms with Crippen LogP contribution in [0.3, 0.4) is 0 Å². The Morgan fingerprint density at radius 2 is 2.05 bits per heavy atom. The van der Waals surface area contributed by atoms with E-state index < -0.39 is 17.9 Å². The largest absolute Gasteiger partial charge is 0.480 e. The molecule has 0 spiro atoms. The van der Waals surface area contributed by atoms with Gasteiger partial charge in [-0.25, -0.2) is 4.79 Å². The van der Waals surface area contributed by atoms with Gasteiger partial charge < -0.3 is 10.4 Å². The van der Waals surface area contributed by atoms with E-state index in [1.807, 2.05) is 13.8 Å². The number of hydrogen-bond acceptors (Lipinski definition) is 2. The van der Waals surface area contributed by atoms with Crippen molar-refractivity contribution >= 4 is 39.4 Å². The molecule has 2 N–H and O–H groups in total. The second-order valence-electron chi connectivity index (χ2n) is 4.62. The van der Waals surface area contributed by atoms with Gasteiger partial charge in [0.05, 0.1) is 5.02 Å². The summed E-state index contributed by atoms with van der Waals surface area (Å²) < 4.78 is 0.595. The molecule has 1 atom stereocenters. The zero-order valence-electron chi connectivity index (χ0n) is 10.6. The lowest BCUT2D eigenvalue weighted by atomic mass is 10.0. The van der Waals surface area contributed by atoms with Crippen molar-refractivity contribution in [1.29, 1.82) is 0 Å². The summed E-state index contributed by atoms with van der Waals surface area (Å²) in [6, 6.07) is 3.81. The van der Waals surface area contributed by atoms with Crippen LogP contribution < -0.4 is 5.32 Å². The Morgan fingerprint density at radius 1 is 1.42 bits per heavy atom. The lowest BCUT2D eigenvalue weighted by Gasteiger charge is -2.16. The number of rotatable bonds is 5. The van der Waals surface area contributed by atoms with E-state index in [0.29, 0.717) is 21.5 Å². The van der Waals surface area contributed by atoms with Crippen LogP contribution in [0, 0.1) is 5.92 Å². The molecule has 0 aromatic heterocycles. The minimum atomic E-state index is -1.03. The van der Waals surface area contributed by atoms with Crippen LogP contribution in [-0.4, -0.2) is 23.0 Å². The van der Waals surface area contributed by atoms with Gasteiger partial charge in [-0.15, -0.1) is 0 Å². The summed E-state index contributed by atoms with van der Waals surface area (Å²) in [7, 11) is 0. The van der Waals surface area contributed by atoms with Crippen molar-refractivity contribution in [2.75, 3.05) is 0 Å². The second-order valence-corrected chi connectivity index (χ2v) is 5.88. The molecule has 0 heterocycles. The van der Waals surface area contributed by atoms with Crippen molar-refractivity contribution in [2.24, 2.45) is 5.92 Å². The van der Waals surface area contributed by atoms with E-state index in [2.05, 4.69) is 21.2 Å². The zero-order valence-corrected chi connectivity index (χ0v) is 13.0. The quantitative estimate of drug-likeness (QED) is 0.857. The number of benzene rings is 1. The molecule has 0 aliphatic rings. The van der Waals surface area contributed by atoms with Crippen LogP contribution in [0.2, 0.25) is 5.02 Å². The predicted molar refractivity (Wildman–Crippen MR) is 77.5 cm³/mol. The first-order valence-corrected chi connectivity index (χ1v) is 6.97. The molecular weight excluding hydrogens is 334 g/mol. The van der Waals surface area contributed by atoms with Gasteiger partial charge in [0, 0.05) is 10.0 Å². The number of amides is 1. The van der Waals surface area contributed by atoms with Gasteiger partial charge in [0.1, 0.15) is 6.04 Å². The van der Waals surface area contributed by atoms with Crippen LogP contribution in [0.4, 0.5) is 0 Å². The number of hydrogen-bond donors (Lipinski definition) is 2. The maximum absolute atomic E-state index is 12.0. The molecule has 0 bridgehead atoms. The number of aliphatic carboxylic acids is 1. The average molecular weight is 349 g/mol. The zero-order chi connectivity index (χ0) is 14.6. The van der Waals surface area contributed by atoms with Gasteiger partial charge in [-0.3, -0.25) is 4.79 Å². The summed E-state index contributed by atoms with van der Waals surface area (Å²) in [6.07, 6.45) is 0.385. The van der Waals surface area contributed by atoms with Gasteiger partial charge in [0.25, 0.3) is 5.91 Å². The maximum Gasteiger partial charge on any atom is 0.326 e. The fourth-order valence-electron chi connectivity index (χ4n) is 1.57. The summed E-state index contributed by atoms with van der Waals surface area (Å²) in [5, 5.41) is 12.1. The maximum atomic E-state index is 12.0. The third-order valence-electron chi connectivity index (χ3n) is 2.49. The number of carboxylic acid groups (broad SMARTS) is 1. The second kappa shape index (κ2) is 6.91. The first-order valence-electron chi connectivity index (χ1n) is 5.80. The topological polar surface area (TPSA) is 66.4 Å². The van der Waals surface area contributed by atoms with E-state index in [9.17, 15) is 9.59 Å². The van der Waals surface area contributed by atoms with E-state index in [4.69, 9.17) is 16.7 Å². The van der Waals surface area contributed by atoms with Gasteiger partial charge in [-0.05, 0) is 46.5 Å². The molecule has 19 heavy (non-hydrogen) atoms. The smallest absolute Gasteiger partial charge is 0.326 e. The van der Waals surface area contributed by atoms with Crippen molar-refractivity contribution in [1.82, 2.24) is 5.32 Å². The highest BCUT2D eigenvalue weighted by Crippen LogP contribution is 2.23. The van der Waals surface area contributed by atoms with Gasteiger partial charge in [0.2, 0.25) is 0 Å². The van der Waals surface area contributed by atoms with Crippen molar-refractivity contribution in [2.45, 2.75) is 26.3 Å². The van der Waals surface area contributed by atoms with Crippen molar-refractivity contribution in [3.8, 4) is 0 Å². The number of halogens is 2. The Balaban J connectivity index is 2.81. The highest BCUT2D eigenvalue weighted by molar-refractivity contribution is 9.10. The summed E-state index contributed by atoms with van der Waals surface area (Å²) in [4.78, 5) is 23.0. The Morgan fingerprint density at radius 3 is 2.53 bits per heavy atom. The first kappa shape index (κ1) is 16.0. The normalized spacial score (nSPS) is 12.3. The van der Waals surface area contributed by atoms with Crippen molar-refractivity contribution in [3.05, 3.63) is 33.3 Å². The molecule has 0 saturated heterocycles. The van der Waals surface area contributed by atoms with Crippen molar-refractivity contribution in [3.63, 3.8) is 0 Å². The molecule has 104 valence electrons. The van der Waals surface area contributed by atoms with Gasteiger partial charge in [-0.2, -0.15) is 0 Å². The van der Waals surface area contributed by atoms with E-state index >= 15 is 0 Å². The van der Waals surface area contributed by atoms with Crippen molar-refractivity contribution < 1.29 is 14.7 Å². The van der Waals surface area contributed by atoms with Crippen LogP contribution in [0.15, 0.2) is 22.7 Å². The Kier molecular flexibility index (Phi) is 5.82. The van der Waals surface area contributed by atoms with Crippen LogP contribution in [0.25, 0.3) is 0 Å². The molecule has 0 radical (unpaired) electrons. The molecule has 1 unspecified atom stereocenters. The number of carboxylic acids is 1. The molecular formula is C13H15BrClNO3. The van der Waals surface area contributed by atoms with Crippen LogP contribution in [0.5, 0.6) is 0 Å². The standard InChI is InChI=1S/C13H15BrClNO3/c1-7(2)5-11(13(18)19)16-12(17)8-3-4-10(15)9(14)6-8/h3-4,6-7,11H,5H2,1-2H3,(H,16,17)(H,18,19). The molecule has 1 rings (SSSR count). The highest BCUT2D eigenvalue weighted by Gasteiger charge is 2.21. The molecule has 0 fully saturated rings. The number of nitrogens with one attached hydrogen (secondary N) is 1. The molecule has 1 aromatic rings. The summed E-state index contributed by atoms with van der Waals surface area (Å²) >= 11 is 9.06. The minimum absolute atomic E-state index is 0.179. The summed E-state index contributed by atoms with van der Waals surface area (Å²) in [5.74, 6) is -1.28. The molecule has 4 nitrogen and oxygen atoms in total. The average Bonchev–Trinajstić information content (AvgIpc) is 2.31. The molecule has 1 aromatic carbocycles. The third kappa shape index (κ3) is 4.84. The monoisotopic (exact) mass is 347 g/mol. The third-order valence-corrected chi connectivity index (χ3v) is 3.71. The molecule has 0 aliphatic carbocycles. The number of carbonyl (C=O) groups is 2. The summed E-state index contributed by atoms with van der Waals surface area (Å²) in [6.45, 7) is 3.81. The molecule has 6 heteroatoms. The Labute approximate surface area is 125 Å².